The Morgan fingerprint density at radius 1 is 1.09 bits per heavy atom. The molecule has 222 valence electrons. The van der Waals surface area contributed by atoms with E-state index in [9.17, 15) is 14.7 Å². The van der Waals surface area contributed by atoms with Crippen molar-refractivity contribution < 1.29 is 24.5 Å². The minimum absolute atomic E-state index is 0.0239. The molecule has 1 aliphatic heterocycles. The average molecular weight is 582 g/mol. The predicted molar refractivity (Wildman–Crippen MR) is 163 cm³/mol. The highest BCUT2D eigenvalue weighted by Crippen LogP contribution is 2.45. The lowest BCUT2D eigenvalue weighted by atomic mass is 9.83. The van der Waals surface area contributed by atoms with E-state index in [1.165, 1.54) is 0 Å². The lowest BCUT2D eigenvalue weighted by Gasteiger charge is -2.27. The number of anilines is 2. The molecule has 0 bridgehead atoms. The molecule has 2 atom stereocenters. The maximum Gasteiger partial charge on any atom is 0.264 e. The SMILES string of the molecule is COc1ccc(C(=O)Nc2ccc(CN3C(=O)[C@](O)([C@H](C)/C=C/CCn4cc(CCO)nn4)c4ccccc43)cc2)cc1. The first-order valence-corrected chi connectivity index (χ1v) is 14.2. The molecule has 0 saturated carbocycles. The van der Waals surface area contributed by atoms with Crippen LogP contribution in [0.25, 0.3) is 0 Å². The number of hydrogen-bond acceptors (Lipinski definition) is 7. The number of carbonyl (C=O) groups is 2. The van der Waals surface area contributed by atoms with E-state index in [4.69, 9.17) is 9.84 Å². The molecule has 0 radical (unpaired) electrons. The zero-order valence-corrected chi connectivity index (χ0v) is 24.2. The Labute approximate surface area is 250 Å². The van der Waals surface area contributed by atoms with E-state index in [-0.39, 0.29) is 25.0 Å². The Morgan fingerprint density at radius 3 is 2.56 bits per heavy atom. The number of para-hydroxylation sites is 1. The summed E-state index contributed by atoms with van der Waals surface area (Å²) >= 11 is 0. The third-order valence-electron chi connectivity index (χ3n) is 7.64. The molecule has 2 heterocycles. The Balaban J connectivity index is 1.24. The van der Waals surface area contributed by atoms with Gasteiger partial charge in [-0.2, -0.15) is 0 Å². The molecule has 1 aliphatic rings. The van der Waals surface area contributed by atoms with Crippen molar-refractivity contribution in [3.63, 3.8) is 0 Å². The highest BCUT2D eigenvalue weighted by molar-refractivity contribution is 6.07. The smallest absolute Gasteiger partial charge is 0.264 e. The number of amides is 2. The van der Waals surface area contributed by atoms with E-state index < -0.39 is 11.5 Å². The van der Waals surface area contributed by atoms with Gasteiger partial charge in [-0.3, -0.25) is 14.3 Å². The summed E-state index contributed by atoms with van der Waals surface area (Å²) in [4.78, 5) is 28.0. The van der Waals surface area contributed by atoms with E-state index in [2.05, 4.69) is 15.6 Å². The van der Waals surface area contributed by atoms with Crippen molar-refractivity contribution in [2.24, 2.45) is 5.92 Å². The number of benzene rings is 3. The number of aliphatic hydroxyl groups excluding tert-OH is 1. The number of aliphatic hydroxyl groups is 2. The molecule has 10 heteroatoms. The number of carbonyl (C=O) groups excluding carboxylic acids is 2. The van der Waals surface area contributed by atoms with Gasteiger partial charge >= 0.3 is 0 Å². The minimum atomic E-state index is -1.71. The molecule has 43 heavy (non-hydrogen) atoms. The number of methoxy groups -OCH3 is 1. The summed E-state index contributed by atoms with van der Waals surface area (Å²) in [6, 6.07) is 21.5. The molecule has 1 aromatic heterocycles. The van der Waals surface area contributed by atoms with Crippen LogP contribution in [0.5, 0.6) is 5.75 Å². The first-order valence-electron chi connectivity index (χ1n) is 14.2. The van der Waals surface area contributed by atoms with E-state index in [1.54, 1.807) is 65.4 Å². The summed E-state index contributed by atoms with van der Waals surface area (Å²) in [6.45, 7) is 2.72. The fourth-order valence-corrected chi connectivity index (χ4v) is 5.20. The maximum absolute atomic E-state index is 13.8. The number of ether oxygens (including phenoxy) is 1. The number of nitrogens with zero attached hydrogens (tertiary/aromatic N) is 4. The van der Waals surface area contributed by atoms with Gasteiger partial charge in [0.05, 0.1) is 25.0 Å². The maximum atomic E-state index is 13.8. The van der Waals surface area contributed by atoms with E-state index in [1.807, 2.05) is 49.4 Å². The molecule has 0 fully saturated rings. The van der Waals surface area contributed by atoms with Crippen molar-refractivity contribution in [2.45, 2.75) is 38.5 Å². The van der Waals surface area contributed by atoms with Gasteiger partial charge in [-0.15, -0.1) is 5.10 Å². The molecule has 0 spiro atoms. The number of rotatable bonds is 12. The van der Waals surface area contributed by atoms with Gasteiger partial charge in [0, 0.05) is 48.5 Å². The first kappa shape index (κ1) is 29.7. The van der Waals surface area contributed by atoms with Crippen molar-refractivity contribution >= 4 is 23.2 Å². The summed E-state index contributed by atoms with van der Waals surface area (Å²) < 4.78 is 6.86. The summed E-state index contributed by atoms with van der Waals surface area (Å²) in [7, 11) is 1.57. The minimum Gasteiger partial charge on any atom is -0.497 e. The normalized spacial score (nSPS) is 16.8. The van der Waals surface area contributed by atoms with Crippen LogP contribution in [-0.4, -0.2) is 50.7 Å². The van der Waals surface area contributed by atoms with Gasteiger partial charge in [0.2, 0.25) is 0 Å². The molecule has 3 aromatic carbocycles. The zero-order valence-electron chi connectivity index (χ0n) is 24.2. The van der Waals surface area contributed by atoms with Crippen molar-refractivity contribution in [1.82, 2.24) is 15.0 Å². The fourth-order valence-electron chi connectivity index (χ4n) is 5.20. The predicted octanol–water partition coefficient (Wildman–Crippen LogP) is 4.09. The van der Waals surface area contributed by atoms with Crippen LogP contribution in [-0.2, 0) is 29.9 Å². The van der Waals surface area contributed by atoms with Crippen molar-refractivity contribution in [3.05, 3.63) is 114 Å². The largest absolute Gasteiger partial charge is 0.497 e. The lowest BCUT2D eigenvalue weighted by Crippen LogP contribution is -2.44. The first-order chi connectivity index (χ1) is 20.8. The molecular weight excluding hydrogens is 546 g/mol. The summed E-state index contributed by atoms with van der Waals surface area (Å²) in [5, 5.41) is 31.9. The number of nitrogens with one attached hydrogen (secondary N) is 1. The number of hydrogen-bond donors (Lipinski definition) is 3. The van der Waals surface area contributed by atoms with Crippen LogP contribution in [0.15, 0.2) is 91.1 Å². The molecule has 0 saturated heterocycles. The Morgan fingerprint density at radius 2 is 1.84 bits per heavy atom. The highest BCUT2D eigenvalue weighted by atomic mass is 16.5. The average Bonchev–Trinajstić information content (AvgIpc) is 3.57. The molecule has 4 aromatic rings. The van der Waals surface area contributed by atoms with Gasteiger partial charge < -0.3 is 25.2 Å². The third kappa shape index (κ3) is 6.35. The second-order valence-corrected chi connectivity index (χ2v) is 10.5. The Bertz CT molecular complexity index is 1600. The topological polar surface area (TPSA) is 130 Å². The van der Waals surface area contributed by atoms with E-state index >= 15 is 0 Å². The van der Waals surface area contributed by atoms with Crippen LogP contribution in [0.3, 0.4) is 0 Å². The quantitative estimate of drug-likeness (QED) is 0.215. The second kappa shape index (κ2) is 13.0. The van der Waals surface area contributed by atoms with Gasteiger partial charge in [-0.25, -0.2) is 0 Å². The van der Waals surface area contributed by atoms with Crippen LogP contribution >= 0.6 is 0 Å². The van der Waals surface area contributed by atoms with Crippen LogP contribution in [0.4, 0.5) is 11.4 Å². The molecule has 3 N–H and O–H groups in total. The third-order valence-corrected chi connectivity index (χ3v) is 7.64. The number of aryl methyl sites for hydroxylation is 1. The van der Waals surface area contributed by atoms with Crippen molar-refractivity contribution in [3.8, 4) is 5.75 Å². The summed E-state index contributed by atoms with van der Waals surface area (Å²) in [5.41, 5.74) is 2.26. The molecule has 0 aliphatic carbocycles. The van der Waals surface area contributed by atoms with Gasteiger partial charge in [0.1, 0.15) is 5.75 Å². The van der Waals surface area contributed by atoms with Crippen LogP contribution < -0.4 is 15.0 Å². The van der Waals surface area contributed by atoms with Gasteiger partial charge in [-0.1, -0.05) is 54.6 Å². The molecule has 10 nitrogen and oxygen atoms in total. The molecule has 2 amide bonds. The van der Waals surface area contributed by atoms with Crippen LogP contribution in [0, 0.1) is 5.92 Å². The Kier molecular flexibility index (Phi) is 8.98. The number of fused-ring (bicyclic) bond motifs is 1. The van der Waals surface area contributed by atoms with Gasteiger partial charge in [-0.05, 0) is 54.4 Å². The molecule has 5 rings (SSSR count). The lowest BCUT2D eigenvalue weighted by molar-refractivity contribution is -0.139. The van der Waals surface area contributed by atoms with E-state index in [0.29, 0.717) is 47.6 Å². The van der Waals surface area contributed by atoms with Gasteiger partial charge in [0.25, 0.3) is 11.8 Å². The highest BCUT2D eigenvalue weighted by Gasteiger charge is 2.52. The van der Waals surface area contributed by atoms with Gasteiger partial charge in [0.15, 0.2) is 5.60 Å². The zero-order chi connectivity index (χ0) is 30.4. The van der Waals surface area contributed by atoms with Crippen molar-refractivity contribution in [2.75, 3.05) is 23.9 Å². The number of allylic oxidation sites excluding steroid dienone is 1. The molecule has 0 unspecified atom stereocenters. The fraction of sp³-hybridized carbons (Fsp3) is 0.273. The standard InChI is InChI=1S/C33H35N5O5/c1-23(7-5-6-19-37-22-27(18-20-39)35-36-37)33(42)29-8-3-4-9-30(29)38(32(33)41)21-24-10-14-26(15-11-24)34-31(40)25-12-16-28(43-2)17-13-25/h3-5,7-17,22-23,39,42H,6,18-21H2,1-2H3,(H,34,40)/b7-5+/t23-,33+/m1/s1. The Hall–Kier alpha value is -4.80. The number of aromatic nitrogens is 3. The van der Waals surface area contributed by atoms with Crippen LogP contribution in [0.2, 0.25) is 0 Å². The summed E-state index contributed by atoms with van der Waals surface area (Å²) in [6.07, 6.45) is 6.71. The summed E-state index contributed by atoms with van der Waals surface area (Å²) in [5.74, 6) is -0.428. The molecular formula is C33H35N5O5. The van der Waals surface area contributed by atoms with Crippen LogP contribution in [0.1, 0.15) is 40.5 Å². The monoisotopic (exact) mass is 581 g/mol. The van der Waals surface area contributed by atoms with Crippen molar-refractivity contribution in [1.29, 1.82) is 0 Å². The van der Waals surface area contributed by atoms with E-state index in [0.717, 1.165) is 11.3 Å². The second-order valence-electron chi connectivity index (χ2n) is 10.5.